The molecular weight excluding hydrogens is 275 g/mol. The molecule has 2 N–H and O–H groups in total. The van der Waals surface area contributed by atoms with Crippen LogP contribution in [-0.2, 0) is 9.59 Å². The standard InChI is InChI=1S/C12H22F3N3O2/c1-5-8(2)10(16)11(20)18(7-12(13,14)15)6-9(19)17(3)4/h8,10H,5-7,16H2,1-4H3. The van der Waals surface area contributed by atoms with Gasteiger partial charge in [-0.15, -0.1) is 0 Å². The van der Waals surface area contributed by atoms with Gasteiger partial charge in [-0.05, 0) is 5.92 Å². The highest BCUT2D eigenvalue weighted by molar-refractivity contribution is 5.87. The zero-order valence-corrected chi connectivity index (χ0v) is 12.2. The lowest BCUT2D eigenvalue weighted by molar-refractivity contribution is -0.165. The first-order chi connectivity index (χ1) is 8.99. The Labute approximate surface area is 116 Å². The third kappa shape index (κ3) is 6.23. The maximum atomic E-state index is 12.5. The van der Waals surface area contributed by atoms with Gasteiger partial charge in [0.05, 0.1) is 6.04 Å². The molecule has 5 nitrogen and oxygen atoms in total. The molecule has 2 atom stereocenters. The van der Waals surface area contributed by atoms with Crippen molar-refractivity contribution < 1.29 is 22.8 Å². The van der Waals surface area contributed by atoms with Crippen LogP contribution in [0.4, 0.5) is 13.2 Å². The van der Waals surface area contributed by atoms with E-state index < -0.39 is 37.1 Å². The van der Waals surface area contributed by atoms with Gasteiger partial charge in [0.25, 0.3) is 0 Å². The topological polar surface area (TPSA) is 66.6 Å². The summed E-state index contributed by atoms with van der Waals surface area (Å²) in [6.45, 7) is 1.37. The molecule has 0 rings (SSSR count). The number of hydrogen-bond acceptors (Lipinski definition) is 3. The fraction of sp³-hybridized carbons (Fsp3) is 0.833. The molecule has 0 radical (unpaired) electrons. The molecule has 0 aromatic carbocycles. The smallest absolute Gasteiger partial charge is 0.347 e. The van der Waals surface area contributed by atoms with Crippen LogP contribution in [0, 0.1) is 5.92 Å². The Bertz CT molecular complexity index is 345. The van der Waals surface area contributed by atoms with Crippen LogP contribution in [0.5, 0.6) is 0 Å². The Morgan fingerprint density at radius 3 is 2.10 bits per heavy atom. The second kappa shape index (κ2) is 7.47. The van der Waals surface area contributed by atoms with E-state index in [1.54, 1.807) is 13.8 Å². The van der Waals surface area contributed by atoms with Crippen LogP contribution >= 0.6 is 0 Å². The van der Waals surface area contributed by atoms with E-state index in [0.717, 1.165) is 4.90 Å². The molecule has 20 heavy (non-hydrogen) atoms. The number of likely N-dealkylation sites (N-methyl/N-ethyl adjacent to an activating group) is 1. The molecule has 0 aromatic heterocycles. The number of halogens is 3. The molecule has 8 heteroatoms. The summed E-state index contributed by atoms with van der Waals surface area (Å²) in [7, 11) is 2.82. The predicted molar refractivity (Wildman–Crippen MR) is 68.8 cm³/mol. The van der Waals surface area contributed by atoms with Crippen LogP contribution in [0.15, 0.2) is 0 Å². The van der Waals surface area contributed by atoms with E-state index in [4.69, 9.17) is 5.73 Å². The van der Waals surface area contributed by atoms with Crippen LogP contribution in [0.3, 0.4) is 0 Å². The lowest BCUT2D eigenvalue weighted by Gasteiger charge is -2.29. The average molecular weight is 297 g/mol. The lowest BCUT2D eigenvalue weighted by Crippen LogP contribution is -2.52. The van der Waals surface area contributed by atoms with Gasteiger partial charge in [0, 0.05) is 14.1 Å². The fourth-order valence-electron chi connectivity index (χ4n) is 1.44. The molecule has 0 bridgehead atoms. The van der Waals surface area contributed by atoms with Gasteiger partial charge < -0.3 is 15.5 Å². The summed E-state index contributed by atoms with van der Waals surface area (Å²) in [5.74, 6) is -1.70. The van der Waals surface area contributed by atoms with E-state index >= 15 is 0 Å². The Kier molecular flexibility index (Phi) is 6.98. The van der Waals surface area contributed by atoms with Crippen LogP contribution in [0.25, 0.3) is 0 Å². The number of carbonyl (C=O) groups excluding carboxylic acids is 2. The number of nitrogens with two attached hydrogens (primary N) is 1. The SMILES string of the molecule is CCC(C)C(N)C(=O)N(CC(=O)N(C)C)CC(F)(F)F. The minimum atomic E-state index is -4.57. The van der Waals surface area contributed by atoms with Gasteiger partial charge in [0.1, 0.15) is 13.1 Å². The molecule has 2 amide bonds. The van der Waals surface area contributed by atoms with Crippen molar-refractivity contribution in [1.82, 2.24) is 9.80 Å². The number of alkyl halides is 3. The van der Waals surface area contributed by atoms with Crippen LogP contribution < -0.4 is 5.73 Å². The van der Waals surface area contributed by atoms with Crippen molar-refractivity contribution in [2.45, 2.75) is 32.5 Å². The molecule has 0 aliphatic carbocycles. The third-order valence-electron chi connectivity index (χ3n) is 3.05. The molecule has 0 saturated heterocycles. The molecule has 118 valence electrons. The molecular formula is C12H22F3N3O2. The van der Waals surface area contributed by atoms with Crippen molar-refractivity contribution in [3.05, 3.63) is 0 Å². The molecule has 2 unspecified atom stereocenters. The summed E-state index contributed by atoms with van der Waals surface area (Å²) in [6, 6.07) is -1.04. The maximum Gasteiger partial charge on any atom is 0.406 e. The Hall–Kier alpha value is -1.31. The maximum absolute atomic E-state index is 12.5. The van der Waals surface area contributed by atoms with E-state index in [0.29, 0.717) is 11.3 Å². The molecule has 0 fully saturated rings. The van der Waals surface area contributed by atoms with E-state index in [2.05, 4.69) is 0 Å². The first kappa shape index (κ1) is 18.7. The highest BCUT2D eigenvalue weighted by Gasteiger charge is 2.36. The number of rotatable bonds is 6. The van der Waals surface area contributed by atoms with Crippen LogP contribution in [-0.4, -0.2) is 61.0 Å². The van der Waals surface area contributed by atoms with E-state index in [1.807, 2.05) is 0 Å². The predicted octanol–water partition coefficient (Wildman–Crippen LogP) is 0.839. The highest BCUT2D eigenvalue weighted by atomic mass is 19.4. The zero-order chi connectivity index (χ0) is 16.1. The van der Waals surface area contributed by atoms with Crippen molar-refractivity contribution in [2.24, 2.45) is 11.7 Å². The zero-order valence-electron chi connectivity index (χ0n) is 12.2. The molecule has 0 aromatic rings. The number of hydrogen-bond donors (Lipinski definition) is 1. The van der Waals surface area contributed by atoms with Crippen molar-refractivity contribution in [2.75, 3.05) is 27.2 Å². The normalized spacial score (nSPS) is 14.6. The van der Waals surface area contributed by atoms with Crippen molar-refractivity contribution >= 4 is 11.8 Å². The number of carbonyl (C=O) groups is 2. The monoisotopic (exact) mass is 297 g/mol. The minimum Gasteiger partial charge on any atom is -0.347 e. The van der Waals surface area contributed by atoms with Crippen molar-refractivity contribution in [3.63, 3.8) is 0 Å². The Balaban J connectivity index is 5.01. The lowest BCUT2D eigenvalue weighted by atomic mass is 9.99. The molecule has 0 spiro atoms. The van der Waals surface area contributed by atoms with E-state index in [1.165, 1.54) is 14.1 Å². The van der Waals surface area contributed by atoms with Crippen molar-refractivity contribution in [1.29, 1.82) is 0 Å². The first-order valence-electron chi connectivity index (χ1n) is 6.30. The van der Waals surface area contributed by atoms with Crippen molar-refractivity contribution in [3.8, 4) is 0 Å². The Morgan fingerprint density at radius 1 is 1.25 bits per heavy atom. The first-order valence-corrected chi connectivity index (χ1v) is 6.30. The Morgan fingerprint density at radius 2 is 1.75 bits per heavy atom. The van der Waals surface area contributed by atoms with Crippen LogP contribution in [0.2, 0.25) is 0 Å². The fourth-order valence-corrected chi connectivity index (χ4v) is 1.44. The summed E-state index contributed by atoms with van der Waals surface area (Å²) in [4.78, 5) is 25.1. The quantitative estimate of drug-likeness (QED) is 0.790. The summed E-state index contributed by atoms with van der Waals surface area (Å²) in [5, 5.41) is 0. The third-order valence-corrected chi connectivity index (χ3v) is 3.05. The number of amides is 2. The van der Waals surface area contributed by atoms with Gasteiger partial charge in [0.15, 0.2) is 0 Å². The molecule has 0 heterocycles. The van der Waals surface area contributed by atoms with E-state index in [-0.39, 0.29) is 5.92 Å². The van der Waals surface area contributed by atoms with Gasteiger partial charge >= 0.3 is 6.18 Å². The highest BCUT2D eigenvalue weighted by Crippen LogP contribution is 2.18. The average Bonchev–Trinajstić information content (AvgIpc) is 2.33. The molecule has 0 aliphatic heterocycles. The molecule has 0 aliphatic rings. The minimum absolute atomic E-state index is 0.257. The summed E-state index contributed by atoms with van der Waals surface area (Å²) >= 11 is 0. The van der Waals surface area contributed by atoms with Gasteiger partial charge in [-0.3, -0.25) is 9.59 Å². The second-order valence-electron chi connectivity index (χ2n) is 5.01. The van der Waals surface area contributed by atoms with Crippen LogP contribution in [0.1, 0.15) is 20.3 Å². The second-order valence-corrected chi connectivity index (χ2v) is 5.01. The molecule has 0 saturated carbocycles. The van der Waals surface area contributed by atoms with Gasteiger partial charge in [-0.25, -0.2) is 0 Å². The van der Waals surface area contributed by atoms with Gasteiger partial charge in [0.2, 0.25) is 11.8 Å². The van der Waals surface area contributed by atoms with Gasteiger partial charge in [-0.1, -0.05) is 20.3 Å². The summed E-state index contributed by atoms with van der Waals surface area (Å²) in [5.41, 5.74) is 5.66. The largest absolute Gasteiger partial charge is 0.406 e. The summed E-state index contributed by atoms with van der Waals surface area (Å²) < 4.78 is 37.5. The number of nitrogens with zero attached hydrogens (tertiary/aromatic N) is 2. The van der Waals surface area contributed by atoms with Gasteiger partial charge in [-0.2, -0.15) is 13.2 Å². The summed E-state index contributed by atoms with van der Waals surface area (Å²) in [6.07, 6.45) is -4.01. The van der Waals surface area contributed by atoms with E-state index in [9.17, 15) is 22.8 Å².